The van der Waals surface area contributed by atoms with Crippen molar-refractivity contribution < 1.29 is 18.9 Å². The first-order valence-electron chi connectivity index (χ1n) is 8.00. The van der Waals surface area contributed by atoms with Gasteiger partial charge in [-0.15, -0.1) is 0 Å². The number of hydrogen-bond acceptors (Lipinski definition) is 4. The lowest BCUT2D eigenvalue weighted by Crippen LogP contribution is -2.28. The fourth-order valence-corrected chi connectivity index (χ4v) is 2.88. The number of halogens is 1. The highest BCUT2D eigenvalue weighted by molar-refractivity contribution is 5.97. The maximum atomic E-state index is 13.4. The van der Waals surface area contributed by atoms with Crippen LogP contribution in [0.15, 0.2) is 48.5 Å². The van der Waals surface area contributed by atoms with Crippen LogP contribution in [0.5, 0.6) is 0 Å². The average molecular weight is 357 g/mol. The van der Waals surface area contributed by atoms with E-state index in [-0.39, 0.29) is 24.6 Å². The molecule has 2 amide bonds. The van der Waals surface area contributed by atoms with E-state index < -0.39 is 28.3 Å². The highest BCUT2D eigenvalue weighted by Crippen LogP contribution is 2.25. The van der Waals surface area contributed by atoms with Gasteiger partial charge in [-0.05, 0) is 17.7 Å². The van der Waals surface area contributed by atoms with Gasteiger partial charge in [0.05, 0.1) is 10.8 Å². The van der Waals surface area contributed by atoms with Crippen LogP contribution in [0.2, 0.25) is 0 Å². The van der Waals surface area contributed by atoms with Crippen LogP contribution in [0, 0.1) is 21.8 Å². The predicted octanol–water partition coefficient (Wildman–Crippen LogP) is 2.72. The monoisotopic (exact) mass is 357 g/mol. The zero-order valence-electron chi connectivity index (χ0n) is 13.7. The number of rotatable bonds is 5. The summed E-state index contributed by atoms with van der Waals surface area (Å²) >= 11 is 0. The van der Waals surface area contributed by atoms with Crippen molar-refractivity contribution in [2.24, 2.45) is 5.92 Å². The second-order valence-electron chi connectivity index (χ2n) is 6.07. The molecule has 2 aromatic rings. The summed E-state index contributed by atoms with van der Waals surface area (Å²) in [5.74, 6) is -2.08. The normalized spacial score (nSPS) is 16.6. The van der Waals surface area contributed by atoms with E-state index in [1.165, 1.54) is 6.07 Å². The smallest absolute Gasteiger partial charge is 0.306 e. The first-order valence-corrected chi connectivity index (χ1v) is 8.00. The topological polar surface area (TPSA) is 92.5 Å². The first kappa shape index (κ1) is 17.5. The minimum atomic E-state index is -0.974. The summed E-state index contributed by atoms with van der Waals surface area (Å²) in [7, 11) is 0. The van der Waals surface area contributed by atoms with Crippen molar-refractivity contribution in [3.8, 4) is 0 Å². The van der Waals surface area contributed by atoms with Gasteiger partial charge in [0.15, 0.2) is 0 Å². The largest absolute Gasteiger partial charge is 0.338 e. The number of carbonyl (C=O) groups is 2. The standard InChI is InChI=1S/C18H16FN3O4/c19-15-7-6-14(9-16(15)22(25)26)20-18(24)13-8-17(23)21(11-13)10-12-4-2-1-3-5-12/h1-7,9,13H,8,10-11H2,(H,20,24)/t13-/m0/s1. The molecule has 0 radical (unpaired) electrons. The van der Waals surface area contributed by atoms with E-state index in [1.54, 1.807) is 4.90 Å². The van der Waals surface area contributed by atoms with Crippen molar-refractivity contribution in [2.75, 3.05) is 11.9 Å². The van der Waals surface area contributed by atoms with Crippen LogP contribution in [0.4, 0.5) is 15.8 Å². The molecule has 0 saturated carbocycles. The van der Waals surface area contributed by atoms with Crippen LogP contribution in [-0.4, -0.2) is 28.2 Å². The molecule has 0 bridgehead atoms. The Hall–Kier alpha value is -3.29. The minimum absolute atomic E-state index is 0.0714. The number of nitro benzene ring substituents is 1. The SMILES string of the molecule is O=C(Nc1ccc(F)c([N+](=O)[O-])c1)[C@H]1CC(=O)N(Cc2ccccc2)C1. The third-order valence-corrected chi connectivity index (χ3v) is 4.21. The lowest BCUT2D eigenvalue weighted by Gasteiger charge is -2.16. The second-order valence-corrected chi connectivity index (χ2v) is 6.07. The van der Waals surface area contributed by atoms with Gasteiger partial charge in [0.2, 0.25) is 17.6 Å². The minimum Gasteiger partial charge on any atom is -0.338 e. The molecule has 0 spiro atoms. The van der Waals surface area contributed by atoms with Crippen molar-refractivity contribution >= 4 is 23.2 Å². The number of anilines is 1. The third-order valence-electron chi connectivity index (χ3n) is 4.21. The Labute approximate surface area is 148 Å². The lowest BCUT2D eigenvalue weighted by atomic mass is 10.1. The van der Waals surface area contributed by atoms with E-state index >= 15 is 0 Å². The number of nitro groups is 1. The van der Waals surface area contributed by atoms with Crippen LogP contribution in [0.25, 0.3) is 0 Å². The van der Waals surface area contributed by atoms with E-state index in [2.05, 4.69) is 5.32 Å². The Bertz CT molecular complexity index is 857. The molecule has 1 fully saturated rings. The summed E-state index contributed by atoms with van der Waals surface area (Å²) in [6.45, 7) is 0.689. The molecule has 1 saturated heterocycles. The van der Waals surface area contributed by atoms with Crippen molar-refractivity contribution in [3.05, 3.63) is 70.0 Å². The van der Waals surface area contributed by atoms with E-state index in [9.17, 15) is 24.1 Å². The van der Waals surface area contributed by atoms with Gasteiger partial charge in [0, 0.05) is 31.3 Å². The number of benzene rings is 2. The van der Waals surface area contributed by atoms with Crippen LogP contribution in [0.1, 0.15) is 12.0 Å². The van der Waals surface area contributed by atoms with Gasteiger partial charge in [-0.2, -0.15) is 4.39 Å². The lowest BCUT2D eigenvalue weighted by molar-refractivity contribution is -0.387. The van der Waals surface area contributed by atoms with E-state index in [1.807, 2.05) is 30.3 Å². The number of amides is 2. The maximum absolute atomic E-state index is 13.4. The second kappa shape index (κ2) is 7.30. The molecule has 1 heterocycles. The highest BCUT2D eigenvalue weighted by Gasteiger charge is 2.34. The molecule has 0 aromatic heterocycles. The summed E-state index contributed by atoms with van der Waals surface area (Å²) in [6, 6.07) is 12.6. The molecule has 7 nitrogen and oxygen atoms in total. The van der Waals surface area contributed by atoms with Gasteiger partial charge in [-0.1, -0.05) is 30.3 Å². The molecule has 0 aliphatic carbocycles. The Morgan fingerprint density at radius 3 is 2.69 bits per heavy atom. The van der Waals surface area contributed by atoms with E-state index in [4.69, 9.17) is 0 Å². The fraction of sp³-hybridized carbons (Fsp3) is 0.222. The van der Waals surface area contributed by atoms with Crippen LogP contribution < -0.4 is 5.32 Å². The third kappa shape index (κ3) is 3.85. The summed E-state index contributed by atoms with van der Waals surface area (Å²) < 4.78 is 13.4. The average Bonchev–Trinajstić information content (AvgIpc) is 2.98. The molecule has 134 valence electrons. The highest BCUT2D eigenvalue weighted by atomic mass is 19.1. The number of nitrogens with zero attached hydrogens (tertiary/aromatic N) is 2. The molecule has 1 aliphatic heterocycles. The van der Waals surface area contributed by atoms with E-state index in [0.29, 0.717) is 6.54 Å². The van der Waals surface area contributed by atoms with Crippen molar-refractivity contribution in [2.45, 2.75) is 13.0 Å². The van der Waals surface area contributed by atoms with Crippen molar-refractivity contribution in [1.29, 1.82) is 0 Å². The number of nitrogens with one attached hydrogen (secondary N) is 1. The molecule has 26 heavy (non-hydrogen) atoms. The molecule has 1 aliphatic rings. The van der Waals surface area contributed by atoms with E-state index in [0.717, 1.165) is 17.7 Å². The zero-order chi connectivity index (χ0) is 18.7. The van der Waals surface area contributed by atoms with Gasteiger partial charge < -0.3 is 10.2 Å². The molecular weight excluding hydrogens is 341 g/mol. The van der Waals surface area contributed by atoms with Crippen molar-refractivity contribution in [3.63, 3.8) is 0 Å². The Morgan fingerprint density at radius 1 is 1.27 bits per heavy atom. The number of carbonyl (C=O) groups excluding carboxylic acids is 2. The Kier molecular flexibility index (Phi) is 4.92. The maximum Gasteiger partial charge on any atom is 0.306 e. The fourth-order valence-electron chi connectivity index (χ4n) is 2.88. The summed E-state index contributed by atoms with van der Waals surface area (Å²) in [5, 5.41) is 13.3. The van der Waals surface area contributed by atoms with Gasteiger partial charge in [0.1, 0.15) is 0 Å². The van der Waals surface area contributed by atoms with Crippen molar-refractivity contribution in [1.82, 2.24) is 4.90 Å². The molecule has 0 unspecified atom stereocenters. The summed E-state index contributed by atoms with van der Waals surface area (Å²) in [5.41, 5.74) is 0.379. The van der Waals surface area contributed by atoms with Crippen LogP contribution in [-0.2, 0) is 16.1 Å². The van der Waals surface area contributed by atoms with Gasteiger partial charge in [-0.3, -0.25) is 19.7 Å². The Balaban J connectivity index is 1.65. The molecular formula is C18H16FN3O4. The summed E-state index contributed by atoms with van der Waals surface area (Å²) in [6.07, 6.45) is 0.0714. The number of hydrogen-bond donors (Lipinski definition) is 1. The molecule has 1 atom stereocenters. The van der Waals surface area contributed by atoms with Crippen LogP contribution >= 0.6 is 0 Å². The van der Waals surface area contributed by atoms with Gasteiger partial charge in [-0.25, -0.2) is 0 Å². The zero-order valence-corrected chi connectivity index (χ0v) is 13.7. The molecule has 1 N–H and O–H groups in total. The quantitative estimate of drug-likeness (QED) is 0.658. The molecule has 2 aromatic carbocycles. The molecule has 8 heteroatoms. The van der Waals surface area contributed by atoms with Gasteiger partial charge >= 0.3 is 5.69 Å². The Morgan fingerprint density at radius 2 is 2.00 bits per heavy atom. The molecule has 3 rings (SSSR count). The number of likely N-dealkylation sites (tertiary alicyclic amines) is 1. The predicted molar refractivity (Wildman–Crippen MR) is 91.7 cm³/mol. The summed E-state index contributed by atoms with van der Waals surface area (Å²) in [4.78, 5) is 36.0. The van der Waals surface area contributed by atoms with Crippen LogP contribution in [0.3, 0.4) is 0 Å². The van der Waals surface area contributed by atoms with Gasteiger partial charge in [0.25, 0.3) is 0 Å². The first-order chi connectivity index (χ1) is 12.4.